The molecule has 0 aliphatic carbocycles. The van der Waals surface area contributed by atoms with E-state index in [1.807, 2.05) is 17.9 Å². The maximum Gasteiger partial charge on any atom is 0.248 e. The fourth-order valence-corrected chi connectivity index (χ4v) is 3.11. The van der Waals surface area contributed by atoms with Gasteiger partial charge in [0.1, 0.15) is 12.4 Å². The number of nitrogens with zero attached hydrogens (tertiary/aromatic N) is 4. The minimum absolute atomic E-state index is 0.0229. The number of piperidine rings is 1. The summed E-state index contributed by atoms with van der Waals surface area (Å²) in [6.07, 6.45) is 3.00. The van der Waals surface area contributed by atoms with Gasteiger partial charge in [-0.2, -0.15) is 0 Å². The highest BCUT2D eigenvalue weighted by Gasteiger charge is 2.26. The standard InChI is InChI=1S/C18H28N4O3/c1-13-19-15(7-8-17(23)21(2)3)10-16(20-13)14-6-5-9-22(11-14)18(24)12-25-4/h10,14H,5-9,11-12H2,1-4H3/t14-/m1/s1. The molecule has 0 radical (unpaired) electrons. The summed E-state index contributed by atoms with van der Waals surface area (Å²) in [6, 6.07) is 1.99. The molecule has 1 aliphatic heterocycles. The summed E-state index contributed by atoms with van der Waals surface area (Å²) in [7, 11) is 5.05. The smallest absolute Gasteiger partial charge is 0.248 e. The first-order valence-electron chi connectivity index (χ1n) is 8.72. The molecule has 138 valence electrons. The minimum Gasteiger partial charge on any atom is -0.375 e. The summed E-state index contributed by atoms with van der Waals surface area (Å²) in [5, 5.41) is 0. The molecule has 2 heterocycles. The monoisotopic (exact) mass is 348 g/mol. The lowest BCUT2D eigenvalue weighted by atomic mass is 9.93. The molecule has 0 N–H and O–H groups in total. The van der Waals surface area contributed by atoms with Gasteiger partial charge in [0.15, 0.2) is 0 Å². The first-order valence-corrected chi connectivity index (χ1v) is 8.72. The van der Waals surface area contributed by atoms with Crippen molar-refractivity contribution in [3.63, 3.8) is 0 Å². The molecule has 25 heavy (non-hydrogen) atoms. The van der Waals surface area contributed by atoms with Gasteiger partial charge in [0.25, 0.3) is 0 Å². The third-order valence-electron chi connectivity index (χ3n) is 4.46. The Hall–Kier alpha value is -2.02. The Kier molecular flexibility index (Phi) is 6.87. The number of rotatable bonds is 6. The number of amides is 2. The quantitative estimate of drug-likeness (QED) is 0.771. The van der Waals surface area contributed by atoms with Crippen LogP contribution >= 0.6 is 0 Å². The van der Waals surface area contributed by atoms with Gasteiger partial charge in [0.05, 0.1) is 0 Å². The number of carbonyl (C=O) groups is 2. The van der Waals surface area contributed by atoms with Crippen LogP contribution in [0.15, 0.2) is 6.07 Å². The lowest BCUT2D eigenvalue weighted by molar-refractivity contribution is -0.136. The Morgan fingerprint density at radius 2 is 2.12 bits per heavy atom. The van der Waals surface area contributed by atoms with Crippen molar-refractivity contribution in [3.05, 3.63) is 23.3 Å². The Balaban J connectivity index is 2.07. The number of hydrogen-bond donors (Lipinski definition) is 0. The number of aryl methyl sites for hydroxylation is 2. The lowest BCUT2D eigenvalue weighted by Crippen LogP contribution is -2.41. The number of hydrogen-bond acceptors (Lipinski definition) is 5. The molecule has 1 fully saturated rings. The number of aromatic nitrogens is 2. The van der Waals surface area contributed by atoms with Crippen LogP contribution in [-0.2, 0) is 20.7 Å². The molecule has 0 saturated carbocycles. The van der Waals surface area contributed by atoms with Gasteiger partial charge in [-0.25, -0.2) is 9.97 Å². The fraction of sp³-hybridized carbons (Fsp3) is 0.667. The third-order valence-corrected chi connectivity index (χ3v) is 4.46. The minimum atomic E-state index is 0.0229. The number of likely N-dealkylation sites (tertiary alicyclic amines) is 1. The number of ether oxygens (including phenoxy) is 1. The van der Waals surface area contributed by atoms with Crippen LogP contribution in [0, 0.1) is 6.92 Å². The van der Waals surface area contributed by atoms with E-state index in [9.17, 15) is 9.59 Å². The normalized spacial score (nSPS) is 17.4. The number of methoxy groups -OCH3 is 1. The summed E-state index contributed by atoms with van der Waals surface area (Å²) in [6.45, 7) is 3.42. The highest BCUT2D eigenvalue weighted by atomic mass is 16.5. The van der Waals surface area contributed by atoms with Gasteiger partial charge in [0, 0.05) is 58.0 Å². The summed E-state index contributed by atoms with van der Waals surface area (Å²) in [5.41, 5.74) is 1.85. The molecule has 1 aliphatic rings. The van der Waals surface area contributed by atoms with Crippen molar-refractivity contribution < 1.29 is 14.3 Å². The predicted octanol–water partition coefficient (Wildman–Crippen LogP) is 1.16. The van der Waals surface area contributed by atoms with Crippen molar-refractivity contribution in [1.29, 1.82) is 0 Å². The van der Waals surface area contributed by atoms with Crippen molar-refractivity contribution in [1.82, 2.24) is 19.8 Å². The zero-order chi connectivity index (χ0) is 18.4. The van der Waals surface area contributed by atoms with E-state index < -0.39 is 0 Å². The van der Waals surface area contributed by atoms with E-state index in [2.05, 4.69) is 9.97 Å². The molecule has 0 unspecified atom stereocenters. The van der Waals surface area contributed by atoms with Crippen LogP contribution in [0.3, 0.4) is 0 Å². The molecule has 2 amide bonds. The van der Waals surface area contributed by atoms with Crippen LogP contribution in [0.1, 0.15) is 42.4 Å². The topological polar surface area (TPSA) is 75.6 Å². The van der Waals surface area contributed by atoms with Crippen molar-refractivity contribution in [2.24, 2.45) is 0 Å². The zero-order valence-corrected chi connectivity index (χ0v) is 15.6. The molecule has 7 heteroatoms. The first kappa shape index (κ1) is 19.3. The summed E-state index contributed by atoms with van der Waals surface area (Å²) >= 11 is 0. The van der Waals surface area contributed by atoms with Crippen molar-refractivity contribution in [2.75, 3.05) is 40.9 Å². The summed E-state index contributed by atoms with van der Waals surface area (Å²) in [5.74, 6) is 1.03. The van der Waals surface area contributed by atoms with E-state index in [1.54, 1.807) is 19.0 Å². The van der Waals surface area contributed by atoms with Gasteiger partial charge >= 0.3 is 0 Å². The largest absolute Gasteiger partial charge is 0.375 e. The molecule has 0 aromatic carbocycles. The van der Waals surface area contributed by atoms with Gasteiger partial charge in [-0.3, -0.25) is 9.59 Å². The molecule has 2 rings (SSSR count). The second kappa shape index (κ2) is 8.89. The lowest BCUT2D eigenvalue weighted by Gasteiger charge is -2.32. The van der Waals surface area contributed by atoms with Crippen LogP contribution in [-0.4, -0.2) is 72.5 Å². The van der Waals surface area contributed by atoms with E-state index in [4.69, 9.17) is 4.74 Å². The second-order valence-electron chi connectivity index (χ2n) is 6.73. The summed E-state index contributed by atoms with van der Waals surface area (Å²) in [4.78, 5) is 36.4. The maximum atomic E-state index is 12.1. The van der Waals surface area contributed by atoms with Gasteiger partial charge < -0.3 is 14.5 Å². The van der Waals surface area contributed by atoms with E-state index in [-0.39, 0.29) is 24.3 Å². The molecule has 7 nitrogen and oxygen atoms in total. The van der Waals surface area contributed by atoms with Crippen LogP contribution in [0.25, 0.3) is 0 Å². The van der Waals surface area contributed by atoms with Crippen molar-refractivity contribution in [3.8, 4) is 0 Å². The van der Waals surface area contributed by atoms with Gasteiger partial charge in [-0.1, -0.05) is 0 Å². The summed E-state index contributed by atoms with van der Waals surface area (Å²) < 4.78 is 4.96. The predicted molar refractivity (Wildman–Crippen MR) is 94.2 cm³/mol. The van der Waals surface area contributed by atoms with Crippen LogP contribution in [0.4, 0.5) is 0 Å². The molecule has 1 aromatic heterocycles. The average Bonchev–Trinajstić information content (AvgIpc) is 2.59. The Morgan fingerprint density at radius 3 is 2.80 bits per heavy atom. The maximum absolute atomic E-state index is 12.1. The Labute approximate surface area is 149 Å². The fourth-order valence-electron chi connectivity index (χ4n) is 3.11. The molecule has 1 aromatic rings. The van der Waals surface area contributed by atoms with Gasteiger partial charge in [-0.05, 0) is 32.3 Å². The van der Waals surface area contributed by atoms with Crippen LogP contribution in [0.2, 0.25) is 0 Å². The highest BCUT2D eigenvalue weighted by molar-refractivity contribution is 5.77. The van der Waals surface area contributed by atoms with E-state index in [0.717, 1.165) is 30.8 Å². The average molecular weight is 348 g/mol. The van der Waals surface area contributed by atoms with Crippen LogP contribution in [0.5, 0.6) is 0 Å². The molecular weight excluding hydrogens is 320 g/mol. The van der Waals surface area contributed by atoms with E-state index in [1.165, 1.54) is 7.11 Å². The molecule has 0 bridgehead atoms. The van der Waals surface area contributed by atoms with Crippen molar-refractivity contribution in [2.45, 2.75) is 38.5 Å². The molecule has 1 saturated heterocycles. The molecule has 1 atom stereocenters. The second-order valence-corrected chi connectivity index (χ2v) is 6.73. The van der Waals surface area contributed by atoms with Crippen molar-refractivity contribution >= 4 is 11.8 Å². The number of carbonyl (C=O) groups excluding carboxylic acids is 2. The SMILES string of the molecule is COCC(=O)N1CCC[C@@H](c2cc(CCC(=O)N(C)C)nc(C)n2)C1. The third kappa shape index (κ3) is 5.49. The zero-order valence-electron chi connectivity index (χ0n) is 15.6. The molecule has 0 spiro atoms. The van der Waals surface area contributed by atoms with Gasteiger partial charge in [0.2, 0.25) is 11.8 Å². The van der Waals surface area contributed by atoms with Crippen LogP contribution < -0.4 is 0 Å². The van der Waals surface area contributed by atoms with E-state index in [0.29, 0.717) is 25.2 Å². The first-order chi connectivity index (χ1) is 11.9. The van der Waals surface area contributed by atoms with Gasteiger partial charge in [-0.15, -0.1) is 0 Å². The Morgan fingerprint density at radius 1 is 1.36 bits per heavy atom. The highest BCUT2D eigenvalue weighted by Crippen LogP contribution is 2.26. The van der Waals surface area contributed by atoms with E-state index >= 15 is 0 Å². The Bertz CT molecular complexity index is 618. The molecular formula is C18H28N4O3.